The van der Waals surface area contributed by atoms with Gasteiger partial charge in [-0.1, -0.05) is 31.4 Å². The maximum Gasteiger partial charge on any atom is 0.324 e. The van der Waals surface area contributed by atoms with Gasteiger partial charge in [-0.15, -0.1) is 0 Å². The van der Waals surface area contributed by atoms with Crippen LogP contribution in [-0.4, -0.2) is 11.8 Å². The standard InChI is InChI=1S/C18H21NO5/c19-24-17(21)11-5-3-1-2-4-9-15(20)14-12-23-16-10-7-6-8-13(16)18(14)22/h6-8,10,12H,1-5,9,11,19H2. The van der Waals surface area contributed by atoms with Gasteiger partial charge in [-0.05, 0) is 25.0 Å². The number of unbranched alkanes of at least 4 members (excludes halogenated alkanes) is 4. The molecule has 0 saturated heterocycles. The van der Waals surface area contributed by atoms with Gasteiger partial charge in [0.25, 0.3) is 0 Å². The quantitative estimate of drug-likeness (QED) is 0.430. The van der Waals surface area contributed by atoms with Crippen LogP contribution in [0.4, 0.5) is 0 Å². The second-order valence-corrected chi connectivity index (χ2v) is 5.66. The topological polar surface area (TPSA) is 99.6 Å². The highest BCUT2D eigenvalue weighted by Gasteiger charge is 2.13. The third kappa shape index (κ3) is 4.76. The fourth-order valence-electron chi connectivity index (χ4n) is 2.55. The molecule has 0 radical (unpaired) electrons. The van der Waals surface area contributed by atoms with E-state index >= 15 is 0 Å². The van der Waals surface area contributed by atoms with Crippen molar-refractivity contribution in [1.82, 2.24) is 0 Å². The van der Waals surface area contributed by atoms with Crippen LogP contribution < -0.4 is 11.3 Å². The van der Waals surface area contributed by atoms with Crippen molar-refractivity contribution in [2.45, 2.75) is 44.9 Å². The van der Waals surface area contributed by atoms with E-state index in [4.69, 9.17) is 10.3 Å². The Morgan fingerprint density at radius 3 is 2.42 bits per heavy atom. The zero-order chi connectivity index (χ0) is 17.4. The Kier molecular flexibility index (Phi) is 6.69. The minimum atomic E-state index is -0.409. The summed E-state index contributed by atoms with van der Waals surface area (Å²) in [5.74, 6) is 4.15. The molecule has 2 aromatic rings. The molecule has 1 aromatic carbocycles. The van der Waals surface area contributed by atoms with Gasteiger partial charge in [0, 0.05) is 12.8 Å². The minimum absolute atomic E-state index is 0.111. The molecule has 0 atom stereocenters. The number of Topliss-reactive ketones (excluding diaryl/α,β-unsaturated/α-hetero) is 1. The fourth-order valence-corrected chi connectivity index (χ4v) is 2.55. The van der Waals surface area contributed by atoms with Gasteiger partial charge in [0.2, 0.25) is 5.43 Å². The first-order chi connectivity index (χ1) is 11.6. The van der Waals surface area contributed by atoms with Gasteiger partial charge in [-0.3, -0.25) is 14.4 Å². The lowest BCUT2D eigenvalue weighted by Crippen LogP contribution is -2.14. The van der Waals surface area contributed by atoms with Gasteiger partial charge < -0.3 is 9.25 Å². The van der Waals surface area contributed by atoms with Crippen molar-refractivity contribution in [3.05, 3.63) is 46.3 Å². The molecule has 24 heavy (non-hydrogen) atoms. The average molecular weight is 331 g/mol. The Labute approximate surface area is 139 Å². The van der Waals surface area contributed by atoms with E-state index in [-0.39, 0.29) is 16.8 Å². The van der Waals surface area contributed by atoms with E-state index in [9.17, 15) is 14.4 Å². The summed E-state index contributed by atoms with van der Waals surface area (Å²) >= 11 is 0. The van der Waals surface area contributed by atoms with E-state index in [1.54, 1.807) is 24.3 Å². The van der Waals surface area contributed by atoms with Crippen molar-refractivity contribution in [1.29, 1.82) is 0 Å². The van der Waals surface area contributed by atoms with E-state index in [0.29, 0.717) is 30.2 Å². The normalized spacial score (nSPS) is 10.7. The van der Waals surface area contributed by atoms with Crippen molar-refractivity contribution in [3.8, 4) is 0 Å². The molecule has 0 aliphatic carbocycles. The van der Waals surface area contributed by atoms with Crippen LogP contribution in [0, 0.1) is 0 Å². The van der Waals surface area contributed by atoms with Crippen LogP contribution in [0.3, 0.4) is 0 Å². The summed E-state index contributed by atoms with van der Waals surface area (Å²) in [6.45, 7) is 0. The molecular formula is C18H21NO5. The van der Waals surface area contributed by atoms with Crippen molar-refractivity contribution in [2.75, 3.05) is 0 Å². The molecular weight excluding hydrogens is 310 g/mol. The number of para-hydroxylation sites is 1. The number of hydrogen-bond acceptors (Lipinski definition) is 6. The lowest BCUT2D eigenvalue weighted by molar-refractivity contribution is -0.144. The van der Waals surface area contributed by atoms with Crippen molar-refractivity contribution in [2.24, 2.45) is 5.90 Å². The highest BCUT2D eigenvalue weighted by atomic mass is 16.7. The van der Waals surface area contributed by atoms with Crippen LogP contribution >= 0.6 is 0 Å². The van der Waals surface area contributed by atoms with Crippen LogP contribution in [0.1, 0.15) is 55.3 Å². The second kappa shape index (κ2) is 8.98. The highest BCUT2D eigenvalue weighted by molar-refractivity contribution is 5.98. The molecule has 0 unspecified atom stereocenters. The molecule has 0 amide bonds. The third-order valence-electron chi connectivity index (χ3n) is 3.90. The molecule has 0 saturated carbocycles. The predicted molar refractivity (Wildman–Crippen MR) is 89.4 cm³/mol. The summed E-state index contributed by atoms with van der Waals surface area (Å²) in [6.07, 6.45) is 5.96. The highest BCUT2D eigenvalue weighted by Crippen LogP contribution is 2.13. The van der Waals surface area contributed by atoms with E-state index < -0.39 is 5.97 Å². The number of rotatable bonds is 9. The summed E-state index contributed by atoms with van der Waals surface area (Å²) in [4.78, 5) is 39.4. The van der Waals surface area contributed by atoms with Crippen LogP contribution in [0.25, 0.3) is 11.0 Å². The SMILES string of the molecule is NOC(=O)CCCCCCCC(=O)c1coc2ccccc2c1=O. The van der Waals surface area contributed by atoms with Crippen molar-refractivity contribution >= 4 is 22.7 Å². The molecule has 0 aliphatic rings. The van der Waals surface area contributed by atoms with Gasteiger partial charge in [-0.25, -0.2) is 0 Å². The number of nitrogens with two attached hydrogens (primary N) is 1. The summed E-state index contributed by atoms with van der Waals surface area (Å²) in [7, 11) is 0. The van der Waals surface area contributed by atoms with Gasteiger partial charge in [-0.2, -0.15) is 5.90 Å². The van der Waals surface area contributed by atoms with Gasteiger partial charge in [0.1, 0.15) is 17.4 Å². The van der Waals surface area contributed by atoms with Crippen molar-refractivity contribution in [3.63, 3.8) is 0 Å². The summed E-state index contributed by atoms with van der Waals surface area (Å²) in [6, 6.07) is 6.88. The van der Waals surface area contributed by atoms with Crippen molar-refractivity contribution < 1.29 is 18.8 Å². The first-order valence-corrected chi connectivity index (χ1v) is 8.07. The molecule has 0 aliphatic heterocycles. The first-order valence-electron chi connectivity index (χ1n) is 8.07. The van der Waals surface area contributed by atoms with Crippen LogP contribution in [0.2, 0.25) is 0 Å². The molecule has 6 nitrogen and oxygen atoms in total. The van der Waals surface area contributed by atoms with Crippen LogP contribution in [0.15, 0.2) is 39.7 Å². The number of carbonyl (C=O) groups is 2. The largest absolute Gasteiger partial charge is 0.463 e. The molecule has 1 aromatic heterocycles. The zero-order valence-corrected chi connectivity index (χ0v) is 13.5. The summed E-state index contributed by atoms with van der Waals surface area (Å²) < 4.78 is 5.36. The number of ketones is 1. The Morgan fingerprint density at radius 2 is 1.67 bits per heavy atom. The van der Waals surface area contributed by atoms with Crippen LogP contribution in [0.5, 0.6) is 0 Å². The second-order valence-electron chi connectivity index (χ2n) is 5.66. The predicted octanol–water partition coefficient (Wildman–Crippen LogP) is 3.12. The maximum absolute atomic E-state index is 12.3. The Hall–Kier alpha value is -2.47. The van der Waals surface area contributed by atoms with Crippen LogP contribution in [-0.2, 0) is 9.63 Å². The molecule has 128 valence electrons. The zero-order valence-electron chi connectivity index (χ0n) is 13.5. The van der Waals surface area contributed by atoms with E-state index in [2.05, 4.69) is 4.84 Å². The lowest BCUT2D eigenvalue weighted by Gasteiger charge is -2.03. The molecule has 2 N–H and O–H groups in total. The minimum Gasteiger partial charge on any atom is -0.463 e. The molecule has 6 heteroatoms. The molecule has 0 fully saturated rings. The smallest absolute Gasteiger partial charge is 0.324 e. The first kappa shape index (κ1) is 17.9. The summed E-state index contributed by atoms with van der Waals surface area (Å²) in [5, 5.41) is 0.426. The van der Waals surface area contributed by atoms with E-state index in [1.807, 2.05) is 0 Å². The van der Waals surface area contributed by atoms with Gasteiger partial charge in [0.15, 0.2) is 5.78 Å². The summed E-state index contributed by atoms with van der Waals surface area (Å²) in [5.41, 5.74) is 0.316. The molecule has 1 heterocycles. The molecule has 0 bridgehead atoms. The third-order valence-corrected chi connectivity index (χ3v) is 3.90. The molecule has 0 spiro atoms. The lowest BCUT2D eigenvalue weighted by atomic mass is 10.0. The number of fused-ring (bicyclic) bond motifs is 1. The Balaban J connectivity index is 1.78. The van der Waals surface area contributed by atoms with E-state index in [1.165, 1.54) is 6.26 Å². The average Bonchev–Trinajstić information content (AvgIpc) is 2.61. The van der Waals surface area contributed by atoms with Gasteiger partial charge >= 0.3 is 5.97 Å². The molecule has 2 rings (SSSR count). The number of benzene rings is 1. The number of carbonyl (C=O) groups excluding carboxylic acids is 2. The Morgan fingerprint density at radius 1 is 1.00 bits per heavy atom. The fraction of sp³-hybridized carbons (Fsp3) is 0.389. The Bertz CT molecular complexity index is 765. The maximum atomic E-state index is 12.3. The number of hydrogen-bond donors (Lipinski definition) is 1. The monoisotopic (exact) mass is 331 g/mol. The van der Waals surface area contributed by atoms with Gasteiger partial charge in [0.05, 0.1) is 5.39 Å². The van der Waals surface area contributed by atoms with E-state index in [0.717, 1.165) is 25.7 Å².